The van der Waals surface area contributed by atoms with Gasteiger partial charge in [0.25, 0.3) is 5.91 Å². The van der Waals surface area contributed by atoms with Crippen LogP contribution in [0.2, 0.25) is 0 Å². The Labute approximate surface area is 163 Å². The summed E-state index contributed by atoms with van der Waals surface area (Å²) in [4.78, 5) is 24.9. The number of hydrogen-bond acceptors (Lipinski definition) is 4. The zero-order valence-corrected chi connectivity index (χ0v) is 15.7. The molecule has 3 rings (SSSR count). The van der Waals surface area contributed by atoms with Crippen LogP contribution in [0, 0.1) is 6.92 Å². The number of aromatic hydroxyl groups is 1. The van der Waals surface area contributed by atoms with E-state index in [-0.39, 0.29) is 11.3 Å². The van der Waals surface area contributed by atoms with Gasteiger partial charge in [0, 0.05) is 11.3 Å². The van der Waals surface area contributed by atoms with Crippen LogP contribution in [-0.4, -0.2) is 23.1 Å². The highest BCUT2D eigenvalue weighted by molar-refractivity contribution is 6.00. The van der Waals surface area contributed by atoms with E-state index in [4.69, 9.17) is 4.74 Å². The Kier molecular flexibility index (Phi) is 5.75. The van der Waals surface area contributed by atoms with Crippen molar-refractivity contribution < 1.29 is 19.4 Å². The maximum absolute atomic E-state index is 12.6. The third-order valence-electron chi connectivity index (χ3n) is 4.29. The molecular formula is C23H21NO4. The number of nitrogens with one attached hydrogen (secondary N) is 1. The second kappa shape index (κ2) is 8.39. The molecule has 0 aliphatic rings. The topological polar surface area (TPSA) is 75.6 Å². The number of aryl methyl sites for hydroxylation is 1. The number of hydrogen-bond donors (Lipinski definition) is 2. The van der Waals surface area contributed by atoms with Gasteiger partial charge < -0.3 is 15.2 Å². The van der Waals surface area contributed by atoms with Crippen molar-refractivity contribution in [3.63, 3.8) is 0 Å². The molecule has 2 N–H and O–H groups in total. The van der Waals surface area contributed by atoms with Gasteiger partial charge in [0.15, 0.2) is 6.10 Å². The van der Waals surface area contributed by atoms with E-state index in [9.17, 15) is 14.7 Å². The largest absolute Gasteiger partial charge is 0.507 e. The van der Waals surface area contributed by atoms with Crippen molar-refractivity contribution in [1.29, 1.82) is 0 Å². The summed E-state index contributed by atoms with van der Waals surface area (Å²) in [7, 11) is 0. The lowest BCUT2D eigenvalue weighted by Gasteiger charge is -2.16. The lowest BCUT2D eigenvalue weighted by molar-refractivity contribution is -0.123. The molecule has 0 saturated carbocycles. The summed E-state index contributed by atoms with van der Waals surface area (Å²) in [5.41, 5.74) is 3.29. The Morgan fingerprint density at radius 3 is 2.39 bits per heavy atom. The Hall–Kier alpha value is -3.60. The highest BCUT2D eigenvalue weighted by atomic mass is 16.5. The minimum absolute atomic E-state index is 0.0318. The van der Waals surface area contributed by atoms with E-state index in [1.54, 1.807) is 19.1 Å². The van der Waals surface area contributed by atoms with Gasteiger partial charge in [0.05, 0.1) is 0 Å². The zero-order valence-electron chi connectivity index (χ0n) is 15.7. The molecule has 0 heterocycles. The summed E-state index contributed by atoms with van der Waals surface area (Å²) in [5.74, 6) is -1.39. The number of carbonyl (C=O) groups excluding carboxylic acids is 2. The van der Waals surface area contributed by atoms with Gasteiger partial charge in [-0.3, -0.25) is 4.79 Å². The predicted octanol–water partition coefficient (Wildman–Crippen LogP) is 4.55. The fourth-order valence-corrected chi connectivity index (χ4v) is 2.79. The van der Waals surface area contributed by atoms with Crippen LogP contribution >= 0.6 is 0 Å². The van der Waals surface area contributed by atoms with E-state index >= 15 is 0 Å². The van der Waals surface area contributed by atoms with Crippen LogP contribution in [0.5, 0.6) is 5.75 Å². The minimum atomic E-state index is -1.03. The first-order valence-corrected chi connectivity index (χ1v) is 8.91. The predicted molar refractivity (Wildman–Crippen MR) is 108 cm³/mol. The number of carbonyl (C=O) groups is 2. The van der Waals surface area contributed by atoms with E-state index in [1.807, 2.05) is 48.5 Å². The molecule has 0 radical (unpaired) electrons. The number of amides is 1. The van der Waals surface area contributed by atoms with Gasteiger partial charge in [-0.15, -0.1) is 0 Å². The van der Waals surface area contributed by atoms with Gasteiger partial charge in [-0.2, -0.15) is 0 Å². The van der Waals surface area contributed by atoms with Gasteiger partial charge in [0.2, 0.25) is 0 Å². The first-order chi connectivity index (χ1) is 13.5. The highest BCUT2D eigenvalue weighted by Crippen LogP contribution is 2.28. The lowest BCUT2D eigenvalue weighted by Crippen LogP contribution is -2.30. The molecule has 5 nitrogen and oxygen atoms in total. The molecular weight excluding hydrogens is 354 g/mol. The molecule has 0 bridgehead atoms. The highest BCUT2D eigenvalue weighted by Gasteiger charge is 2.22. The van der Waals surface area contributed by atoms with Gasteiger partial charge in [-0.05, 0) is 37.6 Å². The van der Waals surface area contributed by atoms with Crippen molar-refractivity contribution in [3.05, 3.63) is 83.9 Å². The van der Waals surface area contributed by atoms with Crippen molar-refractivity contribution >= 4 is 17.6 Å². The zero-order chi connectivity index (χ0) is 20.1. The Balaban J connectivity index is 1.73. The van der Waals surface area contributed by atoms with Crippen molar-refractivity contribution in [2.24, 2.45) is 0 Å². The van der Waals surface area contributed by atoms with Crippen LogP contribution in [-0.2, 0) is 9.53 Å². The number of phenols is 1. The minimum Gasteiger partial charge on any atom is -0.507 e. The first kappa shape index (κ1) is 19.2. The smallest absolute Gasteiger partial charge is 0.342 e. The van der Waals surface area contributed by atoms with Gasteiger partial charge in [-0.25, -0.2) is 4.79 Å². The number of para-hydroxylation sites is 1. The fraction of sp³-hybridized carbons (Fsp3) is 0.130. The molecule has 3 aromatic rings. The second-order valence-electron chi connectivity index (χ2n) is 6.47. The van der Waals surface area contributed by atoms with E-state index in [0.717, 1.165) is 16.7 Å². The quantitative estimate of drug-likeness (QED) is 0.642. The lowest BCUT2D eigenvalue weighted by atomic mass is 10.0. The first-order valence-electron chi connectivity index (χ1n) is 8.91. The van der Waals surface area contributed by atoms with Crippen molar-refractivity contribution in [1.82, 2.24) is 0 Å². The molecule has 28 heavy (non-hydrogen) atoms. The van der Waals surface area contributed by atoms with Crippen LogP contribution in [0.3, 0.4) is 0 Å². The molecule has 1 atom stereocenters. The van der Waals surface area contributed by atoms with Crippen LogP contribution in [0.25, 0.3) is 11.1 Å². The summed E-state index contributed by atoms with van der Waals surface area (Å²) in [6.07, 6.45) is -1.03. The van der Waals surface area contributed by atoms with E-state index < -0.39 is 18.0 Å². The SMILES string of the molecule is Cc1ccc(O)c(C(=O)O[C@@H](C)C(=O)Nc2ccccc2-c2ccccc2)c1. The number of anilines is 1. The van der Waals surface area contributed by atoms with E-state index in [0.29, 0.717) is 5.69 Å². The van der Waals surface area contributed by atoms with Crippen LogP contribution in [0.4, 0.5) is 5.69 Å². The van der Waals surface area contributed by atoms with Crippen LogP contribution < -0.4 is 5.32 Å². The maximum atomic E-state index is 12.6. The van der Waals surface area contributed by atoms with Crippen LogP contribution in [0.15, 0.2) is 72.8 Å². The van der Waals surface area contributed by atoms with Crippen molar-refractivity contribution in [2.45, 2.75) is 20.0 Å². The molecule has 0 aliphatic heterocycles. The number of esters is 1. The Bertz CT molecular complexity index is 998. The third-order valence-corrected chi connectivity index (χ3v) is 4.29. The van der Waals surface area contributed by atoms with E-state index in [2.05, 4.69) is 5.32 Å². The average Bonchev–Trinajstić information content (AvgIpc) is 2.70. The summed E-state index contributed by atoms with van der Waals surface area (Å²) >= 11 is 0. The second-order valence-corrected chi connectivity index (χ2v) is 6.47. The molecule has 142 valence electrons. The Morgan fingerprint density at radius 1 is 0.964 bits per heavy atom. The average molecular weight is 375 g/mol. The monoisotopic (exact) mass is 375 g/mol. The van der Waals surface area contributed by atoms with Gasteiger partial charge in [-0.1, -0.05) is 60.2 Å². The molecule has 0 aromatic heterocycles. The summed E-state index contributed by atoms with van der Waals surface area (Å²) < 4.78 is 5.24. The van der Waals surface area contributed by atoms with Crippen molar-refractivity contribution in [2.75, 3.05) is 5.32 Å². The fourth-order valence-electron chi connectivity index (χ4n) is 2.79. The third kappa shape index (κ3) is 4.38. The summed E-state index contributed by atoms with van der Waals surface area (Å²) in [5, 5.41) is 12.7. The number of phenolic OH excluding ortho intramolecular Hbond substituents is 1. The van der Waals surface area contributed by atoms with Gasteiger partial charge >= 0.3 is 5.97 Å². The molecule has 1 amide bonds. The molecule has 3 aromatic carbocycles. The molecule has 0 spiro atoms. The molecule has 0 saturated heterocycles. The van der Waals surface area contributed by atoms with Crippen molar-refractivity contribution in [3.8, 4) is 16.9 Å². The summed E-state index contributed by atoms with van der Waals surface area (Å²) in [6.45, 7) is 3.29. The maximum Gasteiger partial charge on any atom is 0.342 e. The number of benzene rings is 3. The number of ether oxygens (including phenoxy) is 1. The van der Waals surface area contributed by atoms with E-state index in [1.165, 1.54) is 19.1 Å². The molecule has 5 heteroatoms. The molecule has 0 unspecified atom stereocenters. The molecule has 0 fully saturated rings. The molecule has 0 aliphatic carbocycles. The van der Waals surface area contributed by atoms with Crippen LogP contribution in [0.1, 0.15) is 22.8 Å². The van der Waals surface area contributed by atoms with Gasteiger partial charge in [0.1, 0.15) is 11.3 Å². The Morgan fingerprint density at radius 2 is 1.64 bits per heavy atom. The number of rotatable bonds is 5. The normalized spacial score (nSPS) is 11.5. The summed E-state index contributed by atoms with van der Waals surface area (Å²) in [6, 6.07) is 21.7. The standard InChI is InChI=1S/C23H21NO4/c1-15-12-13-21(25)19(14-15)23(27)28-16(2)22(26)24-20-11-7-6-10-18(20)17-8-4-3-5-9-17/h3-14,16,25H,1-2H3,(H,24,26)/t16-/m0/s1.